The number of thioether (sulfide) groups is 1. The number of hydrogen-bond acceptors (Lipinski definition) is 6. The molecule has 2 fully saturated rings. The van der Waals surface area contributed by atoms with Crippen molar-refractivity contribution in [2.45, 2.75) is 46.1 Å². The second kappa shape index (κ2) is 14.2. The third kappa shape index (κ3) is 11.4. The van der Waals surface area contributed by atoms with Gasteiger partial charge in [0, 0.05) is 20.4 Å². The predicted octanol–water partition coefficient (Wildman–Crippen LogP) is 5.58. The maximum atomic E-state index is 9.18. The number of thiol groups is 1. The third-order valence-electron chi connectivity index (χ3n) is 5.30. The van der Waals surface area contributed by atoms with Crippen LogP contribution in [0.25, 0.3) is 0 Å². The smallest absolute Gasteiger partial charge is 0.115 e. The molecule has 0 aliphatic carbocycles. The summed E-state index contributed by atoms with van der Waals surface area (Å²) in [5.74, 6) is 0.630. The number of phenols is 2. The van der Waals surface area contributed by atoms with Crippen molar-refractivity contribution in [3.8, 4) is 11.5 Å². The topological polar surface area (TPSA) is 46.9 Å². The van der Waals surface area contributed by atoms with Crippen LogP contribution in [-0.4, -0.2) is 70.9 Å². The van der Waals surface area contributed by atoms with Crippen LogP contribution in [0.2, 0.25) is 0 Å². The molecule has 0 aromatic heterocycles. The molecule has 0 atom stereocenters. The van der Waals surface area contributed by atoms with E-state index in [1.165, 1.54) is 43.9 Å². The summed E-state index contributed by atoms with van der Waals surface area (Å²) in [5.41, 5.74) is 0. The number of nitrogens with zero attached hydrogens (tertiary/aromatic N) is 2. The Labute approximate surface area is 202 Å². The van der Waals surface area contributed by atoms with Crippen LogP contribution in [0.1, 0.15) is 25.7 Å². The molecule has 0 saturated carbocycles. The van der Waals surface area contributed by atoms with Crippen molar-refractivity contribution in [2.24, 2.45) is 0 Å². The Morgan fingerprint density at radius 2 is 1.19 bits per heavy atom. The van der Waals surface area contributed by atoms with Gasteiger partial charge in [-0.15, -0.1) is 36.0 Å². The zero-order valence-corrected chi connectivity index (χ0v) is 20.9. The van der Waals surface area contributed by atoms with E-state index in [9.17, 15) is 5.11 Å². The minimum absolute atomic E-state index is 0.280. The van der Waals surface area contributed by atoms with Gasteiger partial charge in [-0.05, 0) is 114 Å². The Morgan fingerprint density at radius 3 is 1.61 bits per heavy atom. The lowest BCUT2D eigenvalue weighted by molar-refractivity contribution is 0.280. The summed E-state index contributed by atoms with van der Waals surface area (Å²) in [6.07, 6.45) is 4.86. The molecule has 2 heterocycles. The summed E-state index contributed by atoms with van der Waals surface area (Å²) in [4.78, 5) is 6.83. The summed E-state index contributed by atoms with van der Waals surface area (Å²) >= 11 is 11.8. The maximum absolute atomic E-state index is 9.18. The van der Waals surface area contributed by atoms with E-state index in [1.54, 1.807) is 36.4 Å². The van der Waals surface area contributed by atoms with Crippen molar-refractivity contribution >= 4 is 36.0 Å². The number of aromatic hydroxyl groups is 2. The van der Waals surface area contributed by atoms with Gasteiger partial charge in [0.1, 0.15) is 11.5 Å². The first kappa shape index (κ1) is 26.2. The SMILES string of the molecule is CN1CCC(Cl)CC1.CN1CCC(Sc2ccc(O)cc2)CC1.Oc1ccc(S)cc1. The monoisotopic (exact) mass is 482 g/mol. The van der Waals surface area contributed by atoms with E-state index >= 15 is 0 Å². The molecular formula is C24H35ClN2O2S2. The fraction of sp³-hybridized carbons (Fsp3) is 0.500. The van der Waals surface area contributed by atoms with Gasteiger partial charge >= 0.3 is 0 Å². The first-order valence-corrected chi connectivity index (χ1v) is 12.5. The third-order valence-corrected chi connectivity index (χ3v) is 7.39. The fourth-order valence-electron chi connectivity index (χ4n) is 3.25. The lowest BCUT2D eigenvalue weighted by Crippen LogP contribution is -2.31. The molecule has 7 heteroatoms. The molecule has 2 aliphatic heterocycles. The van der Waals surface area contributed by atoms with Crippen LogP contribution in [0, 0.1) is 0 Å². The van der Waals surface area contributed by atoms with E-state index in [2.05, 4.69) is 36.5 Å². The Morgan fingerprint density at radius 1 is 0.774 bits per heavy atom. The molecule has 2 N–H and O–H groups in total. The summed E-state index contributed by atoms with van der Waals surface area (Å²) in [6.45, 7) is 4.76. The predicted molar refractivity (Wildman–Crippen MR) is 136 cm³/mol. The minimum Gasteiger partial charge on any atom is -0.508 e. The van der Waals surface area contributed by atoms with Crippen molar-refractivity contribution < 1.29 is 10.2 Å². The Balaban J connectivity index is 0.000000181. The molecule has 4 rings (SSSR count). The molecule has 2 aromatic rings. The van der Waals surface area contributed by atoms with Gasteiger partial charge in [-0.3, -0.25) is 0 Å². The molecule has 2 aromatic carbocycles. The van der Waals surface area contributed by atoms with Gasteiger partial charge in [0.15, 0.2) is 0 Å². The first-order valence-electron chi connectivity index (χ1n) is 10.8. The highest BCUT2D eigenvalue weighted by molar-refractivity contribution is 8.00. The number of alkyl halides is 1. The van der Waals surface area contributed by atoms with E-state index in [4.69, 9.17) is 16.7 Å². The van der Waals surface area contributed by atoms with Crippen LogP contribution in [0.3, 0.4) is 0 Å². The lowest BCUT2D eigenvalue weighted by atomic mass is 10.1. The Bertz CT molecular complexity index is 699. The summed E-state index contributed by atoms with van der Waals surface area (Å²) in [5, 5.41) is 19.1. The normalized spacial score (nSPS) is 18.5. The van der Waals surface area contributed by atoms with Gasteiger partial charge in [-0.2, -0.15) is 0 Å². The molecular weight excluding hydrogens is 448 g/mol. The van der Waals surface area contributed by atoms with Crippen molar-refractivity contribution in [3.05, 3.63) is 48.5 Å². The van der Waals surface area contributed by atoms with Crippen LogP contribution in [0.5, 0.6) is 11.5 Å². The number of rotatable bonds is 2. The van der Waals surface area contributed by atoms with Crippen LogP contribution < -0.4 is 0 Å². The lowest BCUT2D eigenvalue weighted by Gasteiger charge is -2.28. The Kier molecular flexibility index (Phi) is 12.0. The van der Waals surface area contributed by atoms with Crippen molar-refractivity contribution in [2.75, 3.05) is 40.3 Å². The number of benzene rings is 2. The average molecular weight is 483 g/mol. The molecule has 0 amide bonds. The van der Waals surface area contributed by atoms with Gasteiger partial charge in [0.2, 0.25) is 0 Å². The molecule has 0 unspecified atom stereocenters. The van der Waals surface area contributed by atoms with E-state index in [1.807, 2.05) is 23.9 Å². The first-order chi connectivity index (χ1) is 14.8. The van der Waals surface area contributed by atoms with Gasteiger partial charge in [0.05, 0.1) is 0 Å². The molecule has 172 valence electrons. The second-order valence-electron chi connectivity index (χ2n) is 8.11. The number of likely N-dealkylation sites (tertiary alicyclic amines) is 2. The van der Waals surface area contributed by atoms with E-state index in [0.29, 0.717) is 11.1 Å². The molecule has 2 aliphatic rings. The van der Waals surface area contributed by atoms with Crippen LogP contribution in [0.15, 0.2) is 58.3 Å². The van der Waals surface area contributed by atoms with Gasteiger partial charge in [0.25, 0.3) is 0 Å². The highest BCUT2D eigenvalue weighted by Gasteiger charge is 2.17. The highest BCUT2D eigenvalue weighted by Crippen LogP contribution is 2.30. The average Bonchev–Trinajstić information content (AvgIpc) is 2.76. The standard InChI is InChI=1S/C12H17NOS.C6H12ClN.C6H6OS/c1-13-8-6-12(7-9-13)15-11-4-2-10(14)3-5-11;1-8-4-2-6(7)3-5-8;7-5-1-3-6(8)4-2-5/h2-5,12,14H,6-9H2,1H3;6H,2-5H2,1H3;1-4,7-8H. The number of piperidine rings is 2. The summed E-state index contributed by atoms with van der Waals surface area (Å²) < 4.78 is 0. The number of halogens is 1. The van der Waals surface area contributed by atoms with Crippen molar-refractivity contribution in [1.29, 1.82) is 0 Å². The summed E-state index contributed by atoms with van der Waals surface area (Å²) in [6, 6.07) is 14.2. The van der Waals surface area contributed by atoms with Gasteiger partial charge < -0.3 is 20.0 Å². The van der Waals surface area contributed by atoms with Gasteiger partial charge in [-0.25, -0.2) is 0 Å². The molecule has 31 heavy (non-hydrogen) atoms. The van der Waals surface area contributed by atoms with E-state index in [0.717, 1.165) is 23.0 Å². The maximum Gasteiger partial charge on any atom is 0.115 e. The highest BCUT2D eigenvalue weighted by atomic mass is 35.5. The fourth-order valence-corrected chi connectivity index (χ4v) is 4.72. The van der Waals surface area contributed by atoms with E-state index in [-0.39, 0.29) is 5.75 Å². The molecule has 2 saturated heterocycles. The molecule has 4 nitrogen and oxygen atoms in total. The number of hydrogen-bond donors (Lipinski definition) is 3. The van der Waals surface area contributed by atoms with Gasteiger partial charge in [-0.1, -0.05) is 0 Å². The number of phenolic OH excluding ortho intramolecular Hbond substituents is 2. The summed E-state index contributed by atoms with van der Waals surface area (Å²) in [7, 11) is 4.32. The second-order valence-corrected chi connectivity index (χ2v) is 10.6. The zero-order chi connectivity index (χ0) is 22.6. The molecule has 0 radical (unpaired) electrons. The van der Waals surface area contributed by atoms with Crippen LogP contribution in [-0.2, 0) is 0 Å². The van der Waals surface area contributed by atoms with E-state index < -0.39 is 0 Å². The van der Waals surface area contributed by atoms with Crippen molar-refractivity contribution in [3.63, 3.8) is 0 Å². The van der Waals surface area contributed by atoms with Crippen molar-refractivity contribution in [1.82, 2.24) is 9.80 Å². The van der Waals surface area contributed by atoms with Crippen LogP contribution in [0.4, 0.5) is 0 Å². The molecule has 0 bridgehead atoms. The van der Waals surface area contributed by atoms with Crippen LogP contribution >= 0.6 is 36.0 Å². The Hall–Kier alpha value is -1.05. The zero-order valence-electron chi connectivity index (χ0n) is 18.5. The largest absolute Gasteiger partial charge is 0.508 e. The minimum atomic E-state index is 0.280. The quantitative estimate of drug-likeness (QED) is 0.385. The molecule has 0 spiro atoms.